The van der Waals surface area contributed by atoms with Crippen LogP contribution in [0.15, 0.2) is 92.8 Å². The van der Waals surface area contributed by atoms with Crippen LogP contribution in [0.2, 0.25) is 0 Å². The van der Waals surface area contributed by atoms with Gasteiger partial charge in [-0.2, -0.15) is 0 Å². The molecule has 12 nitrogen and oxygen atoms in total. The summed E-state index contributed by atoms with van der Waals surface area (Å²) in [6, 6.07) is 20.4. The van der Waals surface area contributed by atoms with E-state index < -0.39 is 5.41 Å². The monoisotopic (exact) mass is 668 g/mol. The SMILES string of the molecule is COc1cccc(C=NCC(CN=Cc2cccc(OC)c2O)(CN=Cc2cccc(OC)c2O)CN=Cc2cccc(OC)c2O)c1O. The van der Waals surface area contributed by atoms with Crippen LogP contribution in [0.5, 0.6) is 46.0 Å². The maximum Gasteiger partial charge on any atom is 0.166 e. The van der Waals surface area contributed by atoms with Crippen LogP contribution in [0.1, 0.15) is 22.3 Å². The van der Waals surface area contributed by atoms with Crippen molar-refractivity contribution in [3.8, 4) is 46.0 Å². The number of aliphatic imine (C=N–C) groups is 4. The molecular formula is C37H40N4O8. The minimum absolute atomic E-state index is 0.0519. The third-order valence-corrected chi connectivity index (χ3v) is 7.63. The number of ether oxygens (including phenoxy) is 4. The Morgan fingerprint density at radius 2 is 0.653 bits per heavy atom. The quantitative estimate of drug-likeness (QED) is 0.117. The van der Waals surface area contributed by atoms with E-state index in [0.717, 1.165) is 0 Å². The predicted molar refractivity (Wildman–Crippen MR) is 191 cm³/mol. The van der Waals surface area contributed by atoms with E-state index >= 15 is 0 Å². The molecule has 0 spiro atoms. The number of aromatic hydroxyl groups is 4. The van der Waals surface area contributed by atoms with Crippen LogP contribution in [0.3, 0.4) is 0 Å². The highest BCUT2D eigenvalue weighted by atomic mass is 16.5. The lowest BCUT2D eigenvalue weighted by atomic mass is 9.88. The van der Waals surface area contributed by atoms with E-state index in [2.05, 4.69) is 0 Å². The maximum atomic E-state index is 10.6. The van der Waals surface area contributed by atoms with Gasteiger partial charge >= 0.3 is 0 Å². The second-order valence-corrected chi connectivity index (χ2v) is 11.0. The van der Waals surface area contributed by atoms with Crippen molar-refractivity contribution in [2.45, 2.75) is 0 Å². The molecule has 0 heterocycles. The number of phenolic OH excluding ortho intramolecular Hbond substituents is 4. The zero-order valence-electron chi connectivity index (χ0n) is 27.8. The Labute approximate surface area is 285 Å². The van der Waals surface area contributed by atoms with Crippen molar-refractivity contribution in [2.24, 2.45) is 25.4 Å². The van der Waals surface area contributed by atoms with Crippen LogP contribution in [-0.4, -0.2) is 99.9 Å². The van der Waals surface area contributed by atoms with Crippen LogP contribution in [0.25, 0.3) is 0 Å². The topological polar surface area (TPSA) is 167 Å². The molecule has 49 heavy (non-hydrogen) atoms. The van der Waals surface area contributed by atoms with Crippen LogP contribution < -0.4 is 18.9 Å². The fourth-order valence-electron chi connectivity index (χ4n) is 4.88. The van der Waals surface area contributed by atoms with Crippen molar-refractivity contribution in [1.82, 2.24) is 0 Å². The molecule has 12 heteroatoms. The van der Waals surface area contributed by atoms with Crippen molar-refractivity contribution in [2.75, 3.05) is 54.6 Å². The van der Waals surface area contributed by atoms with E-state index in [1.165, 1.54) is 28.4 Å². The molecule has 0 aliphatic heterocycles. The second-order valence-electron chi connectivity index (χ2n) is 11.0. The van der Waals surface area contributed by atoms with E-state index in [4.69, 9.17) is 38.9 Å². The molecule has 0 bridgehead atoms. The van der Waals surface area contributed by atoms with Gasteiger partial charge in [0.15, 0.2) is 46.0 Å². The van der Waals surface area contributed by atoms with Gasteiger partial charge in [0, 0.05) is 78.7 Å². The average Bonchev–Trinajstić information content (AvgIpc) is 3.11. The molecule has 0 aliphatic rings. The molecule has 0 saturated carbocycles. The predicted octanol–water partition coefficient (Wildman–Crippen LogP) is 5.31. The molecule has 0 amide bonds. The van der Waals surface area contributed by atoms with Gasteiger partial charge in [0.05, 0.1) is 28.4 Å². The number of hydrogen-bond donors (Lipinski definition) is 4. The average molecular weight is 669 g/mol. The summed E-state index contributed by atoms with van der Waals surface area (Å²) in [5.41, 5.74) is 0.937. The third-order valence-electron chi connectivity index (χ3n) is 7.63. The largest absolute Gasteiger partial charge is 0.504 e. The molecule has 4 rings (SSSR count). The zero-order valence-corrected chi connectivity index (χ0v) is 27.8. The third kappa shape index (κ3) is 9.07. The Morgan fingerprint density at radius 1 is 0.429 bits per heavy atom. The molecule has 0 fully saturated rings. The van der Waals surface area contributed by atoms with Crippen LogP contribution in [0, 0.1) is 5.41 Å². The van der Waals surface area contributed by atoms with Crippen molar-refractivity contribution < 1.29 is 39.4 Å². The summed E-state index contributed by atoms with van der Waals surface area (Å²) in [7, 11) is 5.87. The van der Waals surface area contributed by atoms with Gasteiger partial charge in [0.2, 0.25) is 0 Å². The van der Waals surface area contributed by atoms with Gasteiger partial charge in [-0.15, -0.1) is 0 Å². The first-order chi connectivity index (χ1) is 23.8. The number of methoxy groups -OCH3 is 4. The van der Waals surface area contributed by atoms with Crippen molar-refractivity contribution >= 4 is 24.9 Å². The van der Waals surface area contributed by atoms with Crippen LogP contribution in [-0.2, 0) is 0 Å². The van der Waals surface area contributed by atoms with Crippen LogP contribution >= 0.6 is 0 Å². The van der Waals surface area contributed by atoms with Gasteiger partial charge in [0.25, 0.3) is 0 Å². The fraction of sp³-hybridized carbons (Fsp3) is 0.243. The summed E-state index contributed by atoms with van der Waals surface area (Å²) in [5.74, 6) is 1.03. The van der Waals surface area contributed by atoms with E-state index in [1.54, 1.807) is 97.7 Å². The highest BCUT2D eigenvalue weighted by molar-refractivity contribution is 5.87. The zero-order chi connectivity index (χ0) is 35.2. The van der Waals surface area contributed by atoms with E-state index in [9.17, 15) is 20.4 Å². The molecule has 4 aromatic carbocycles. The molecule has 4 aromatic rings. The van der Waals surface area contributed by atoms with Gasteiger partial charge < -0.3 is 39.4 Å². The molecule has 4 N–H and O–H groups in total. The number of rotatable bonds is 16. The molecular weight excluding hydrogens is 628 g/mol. The number of benzene rings is 4. The van der Waals surface area contributed by atoms with E-state index in [0.29, 0.717) is 45.3 Å². The summed E-state index contributed by atoms with van der Waals surface area (Å²) < 4.78 is 21.0. The van der Waals surface area contributed by atoms with Crippen molar-refractivity contribution in [3.63, 3.8) is 0 Å². The van der Waals surface area contributed by atoms with E-state index in [-0.39, 0.29) is 49.2 Å². The van der Waals surface area contributed by atoms with Gasteiger partial charge in [-0.25, -0.2) is 0 Å². The summed E-state index contributed by atoms with van der Waals surface area (Å²) in [4.78, 5) is 18.8. The van der Waals surface area contributed by atoms with Crippen LogP contribution in [0.4, 0.5) is 0 Å². The standard InChI is InChI=1S/C37H40N4O8/c1-46-29-13-5-9-25(33(29)42)17-38-21-37(22-39-18-26-10-6-14-30(47-2)34(26)43,23-40-19-27-11-7-15-31(48-3)35(27)44)24-41-20-28-12-8-16-32(49-4)36(28)45/h5-20,42-45H,21-24H2,1-4H3. The minimum atomic E-state index is -0.869. The van der Waals surface area contributed by atoms with Gasteiger partial charge in [-0.05, 0) is 48.5 Å². The maximum absolute atomic E-state index is 10.6. The number of para-hydroxylation sites is 4. The Hall–Kier alpha value is -6.04. The van der Waals surface area contributed by atoms with Gasteiger partial charge in [-0.1, -0.05) is 24.3 Å². The first-order valence-corrected chi connectivity index (χ1v) is 15.2. The number of hydrogen-bond acceptors (Lipinski definition) is 12. The summed E-state index contributed by atoms with van der Waals surface area (Å²) in [6.07, 6.45) is 6.16. The molecule has 0 saturated heterocycles. The Bertz CT molecular complexity index is 1570. The minimum Gasteiger partial charge on any atom is -0.504 e. The molecule has 0 aromatic heterocycles. The highest BCUT2D eigenvalue weighted by Gasteiger charge is 2.30. The molecule has 256 valence electrons. The summed E-state index contributed by atoms with van der Waals surface area (Å²) in [6.45, 7) is 0.587. The molecule has 0 radical (unpaired) electrons. The smallest absolute Gasteiger partial charge is 0.166 e. The lowest BCUT2D eigenvalue weighted by Crippen LogP contribution is -2.35. The first kappa shape index (κ1) is 35.8. The number of phenols is 4. The lowest BCUT2D eigenvalue weighted by molar-refractivity contribution is 0.338. The lowest BCUT2D eigenvalue weighted by Gasteiger charge is -2.27. The summed E-state index contributed by atoms with van der Waals surface area (Å²) in [5, 5.41) is 42.6. The molecule has 0 atom stereocenters. The second kappa shape index (κ2) is 17.2. The Kier molecular flexibility index (Phi) is 12.6. The Balaban J connectivity index is 1.75. The first-order valence-electron chi connectivity index (χ1n) is 15.2. The van der Waals surface area contributed by atoms with Crippen molar-refractivity contribution in [3.05, 3.63) is 95.1 Å². The molecule has 0 unspecified atom stereocenters. The highest BCUT2D eigenvalue weighted by Crippen LogP contribution is 2.32. The summed E-state index contributed by atoms with van der Waals surface area (Å²) >= 11 is 0. The number of nitrogens with zero attached hydrogens (tertiary/aromatic N) is 4. The Morgan fingerprint density at radius 3 is 0.857 bits per heavy atom. The van der Waals surface area contributed by atoms with E-state index in [1.807, 2.05) is 0 Å². The van der Waals surface area contributed by atoms with Crippen molar-refractivity contribution in [1.29, 1.82) is 0 Å². The van der Waals surface area contributed by atoms with Gasteiger partial charge in [0.1, 0.15) is 0 Å². The fourth-order valence-corrected chi connectivity index (χ4v) is 4.88. The molecule has 0 aliphatic carbocycles. The van der Waals surface area contributed by atoms with Gasteiger partial charge in [-0.3, -0.25) is 20.0 Å². The normalized spacial score (nSPS) is 13.0.